The smallest absolute Gasteiger partial charge is 0.127 e. The van der Waals surface area contributed by atoms with Crippen LogP contribution in [0, 0.1) is 0 Å². The maximum atomic E-state index is 5.70. The molecule has 0 aliphatic rings. The molecule has 0 saturated carbocycles. The normalized spacial score (nSPS) is 11.0. The van der Waals surface area contributed by atoms with Crippen LogP contribution >= 0.6 is 23.2 Å². The molecule has 0 aromatic heterocycles. The average Bonchev–Trinajstić information content (AvgIpc) is 2.68. The van der Waals surface area contributed by atoms with Gasteiger partial charge in [0.1, 0.15) is 0 Å². The van der Waals surface area contributed by atoms with Gasteiger partial charge in [0.05, 0.1) is 0 Å². The molecule has 0 spiro atoms. The number of unbranched alkanes of at least 4 members (excludes halogenated alkanes) is 18. The summed E-state index contributed by atoms with van der Waals surface area (Å²) >= 11 is 12.2. The molecule has 0 amide bonds. The monoisotopic (exact) mass is 433 g/mol. The average molecular weight is 435 g/mol. The summed E-state index contributed by atoms with van der Waals surface area (Å²) in [5, 5.41) is 3.11. The van der Waals surface area contributed by atoms with Gasteiger partial charge in [-0.1, -0.05) is 0 Å². The molecule has 0 bridgehead atoms. The van der Waals surface area contributed by atoms with Crippen molar-refractivity contribution >= 4 is 38.4 Å². The van der Waals surface area contributed by atoms with Crippen molar-refractivity contribution in [3.8, 4) is 0 Å². The van der Waals surface area contributed by atoms with Gasteiger partial charge in [0.25, 0.3) is 0 Å². The molecule has 0 aliphatic carbocycles. The summed E-state index contributed by atoms with van der Waals surface area (Å²) in [5.74, 6) is 1.69. The first-order valence-corrected chi connectivity index (χ1v) is 15.1. The quantitative estimate of drug-likeness (QED) is 0.0805. The van der Waals surface area contributed by atoms with E-state index in [2.05, 4.69) is 0 Å². The third-order valence-electron chi connectivity index (χ3n) is 5.58. The standard InChI is InChI=1S/2C12H24Cl.Al/c2*1-2-3-4-5-6-7-8-9-10-11-12-13;/h2*1-12H2;/q;;+1. The van der Waals surface area contributed by atoms with Crippen LogP contribution in [0.4, 0.5) is 0 Å². The van der Waals surface area contributed by atoms with Crippen molar-refractivity contribution in [3.63, 3.8) is 0 Å². The van der Waals surface area contributed by atoms with E-state index in [4.69, 9.17) is 23.2 Å². The van der Waals surface area contributed by atoms with Gasteiger partial charge in [-0.2, -0.15) is 0 Å². The number of hydrogen-bond acceptors (Lipinski definition) is 0. The van der Waals surface area contributed by atoms with Gasteiger partial charge >= 0.3 is 166 Å². The maximum absolute atomic E-state index is 5.70. The molecule has 0 nitrogen and oxygen atoms in total. The topological polar surface area (TPSA) is 0 Å². The van der Waals surface area contributed by atoms with E-state index in [1.54, 1.807) is 10.6 Å². The van der Waals surface area contributed by atoms with Crippen LogP contribution in [0.3, 0.4) is 0 Å². The molecule has 0 rings (SSSR count). The van der Waals surface area contributed by atoms with E-state index < -0.39 is 0 Å². The van der Waals surface area contributed by atoms with Gasteiger partial charge in [-0.25, -0.2) is 0 Å². The van der Waals surface area contributed by atoms with Crippen LogP contribution < -0.4 is 0 Å². The second-order valence-corrected chi connectivity index (χ2v) is 10.8. The van der Waals surface area contributed by atoms with E-state index in [1.165, 1.54) is 128 Å². The molecule has 3 heteroatoms. The number of hydrogen-bond donors (Lipinski definition) is 0. The molecule has 160 valence electrons. The number of rotatable bonds is 24. The Morgan fingerprint density at radius 2 is 0.519 bits per heavy atom. The van der Waals surface area contributed by atoms with E-state index in [1.807, 2.05) is 0 Å². The SMILES string of the molecule is ClCCCCCCCCCCC[CH2][Al+][CH2]CCCCCCCCCCCCl. The van der Waals surface area contributed by atoms with E-state index in [0.717, 1.165) is 27.0 Å². The third kappa shape index (κ3) is 27.1. The first-order chi connectivity index (χ1) is 13.4. The number of halogens is 2. The van der Waals surface area contributed by atoms with Crippen molar-refractivity contribution in [2.75, 3.05) is 11.8 Å². The second-order valence-electron chi connectivity index (χ2n) is 8.32. The van der Waals surface area contributed by atoms with Gasteiger partial charge in [-0.15, -0.1) is 23.2 Å². The molecule has 0 heterocycles. The Kier molecular flexibility index (Phi) is 28.2. The predicted molar refractivity (Wildman–Crippen MR) is 129 cm³/mol. The molecule has 0 atom stereocenters. The molecule has 27 heavy (non-hydrogen) atoms. The Balaban J connectivity index is 2.95. The Labute approximate surface area is 188 Å². The zero-order valence-electron chi connectivity index (χ0n) is 18.3. The Morgan fingerprint density at radius 1 is 0.296 bits per heavy atom. The van der Waals surface area contributed by atoms with Gasteiger partial charge in [-0.05, 0) is 0 Å². The van der Waals surface area contributed by atoms with Gasteiger partial charge in [0.2, 0.25) is 0 Å². The first kappa shape index (κ1) is 28.1. The summed E-state index contributed by atoms with van der Waals surface area (Å²) < 4.78 is 0. The molecule has 0 aromatic carbocycles. The molecule has 0 radical (unpaired) electrons. The molecule has 0 aliphatic heterocycles. The zero-order valence-corrected chi connectivity index (χ0v) is 21.0. The van der Waals surface area contributed by atoms with E-state index in [0.29, 0.717) is 0 Å². The minimum Gasteiger partial charge on any atom is -0.127 e. The molecule has 0 N–H and O–H groups in total. The molecule has 0 unspecified atom stereocenters. The molecular formula is C24H48AlCl2+. The van der Waals surface area contributed by atoms with Crippen LogP contribution in [0.15, 0.2) is 0 Å². The summed E-state index contributed by atoms with van der Waals surface area (Å²) in [5.41, 5.74) is 0. The van der Waals surface area contributed by atoms with Crippen LogP contribution in [-0.2, 0) is 0 Å². The van der Waals surface area contributed by atoms with E-state index >= 15 is 0 Å². The van der Waals surface area contributed by atoms with Crippen LogP contribution in [-0.4, -0.2) is 27.0 Å². The van der Waals surface area contributed by atoms with E-state index in [-0.39, 0.29) is 0 Å². The zero-order chi connectivity index (χ0) is 19.7. The Bertz CT molecular complexity index is 225. The minimum absolute atomic E-state index is 0.756. The second kappa shape index (κ2) is 27.1. The van der Waals surface area contributed by atoms with E-state index in [9.17, 15) is 0 Å². The van der Waals surface area contributed by atoms with Crippen molar-refractivity contribution < 1.29 is 0 Å². The molecule has 0 aromatic rings. The van der Waals surface area contributed by atoms with Crippen LogP contribution in [0.25, 0.3) is 0 Å². The van der Waals surface area contributed by atoms with Crippen molar-refractivity contribution in [3.05, 3.63) is 0 Å². The fraction of sp³-hybridized carbons (Fsp3) is 1.00. The Hall–Kier alpha value is 1.11. The Morgan fingerprint density at radius 3 is 0.778 bits per heavy atom. The fourth-order valence-corrected chi connectivity index (χ4v) is 5.56. The summed E-state index contributed by atoms with van der Waals surface area (Å²) in [4.78, 5) is 0. The third-order valence-corrected chi connectivity index (χ3v) is 7.75. The van der Waals surface area contributed by atoms with Gasteiger partial charge in [0, 0.05) is 0 Å². The van der Waals surface area contributed by atoms with Gasteiger partial charge in [0.15, 0.2) is 0 Å². The predicted octanol–water partition coefficient (Wildman–Crippen LogP) is 9.81. The minimum atomic E-state index is 0.756. The first-order valence-electron chi connectivity index (χ1n) is 12.4. The summed E-state index contributed by atoms with van der Waals surface area (Å²) in [7, 11) is 0. The summed E-state index contributed by atoms with van der Waals surface area (Å²) in [6, 6.07) is 0. The molecule has 0 saturated heterocycles. The number of alkyl halides is 2. The van der Waals surface area contributed by atoms with Crippen molar-refractivity contribution in [1.29, 1.82) is 0 Å². The van der Waals surface area contributed by atoms with Crippen molar-refractivity contribution in [1.82, 2.24) is 0 Å². The summed E-state index contributed by atoms with van der Waals surface area (Å²) in [6.45, 7) is 0. The van der Waals surface area contributed by atoms with Crippen molar-refractivity contribution in [2.24, 2.45) is 0 Å². The van der Waals surface area contributed by atoms with Gasteiger partial charge in [-0.3, -0.25) is 0 Å². The van der Waals surface area contributed by atoms with Crippen molar-refractivity contribution in [2.45, 2.75) is 139 Å². The summed E-state index contributed by atoms with van der Waals surface area (Å²) in [6.07, 6.45) is 28.4. The molecular weight excluding hydrogens is 386 g/mol. The van der Waals surface area contributed by atoms with Crippen LogP contribution in [0.1, 0.15) is 128 Å². The van der Waals surface area contributed by atoms with Crippen LogP contribution in [0.5, 0.6) is 0 Å². The van der Waals surface area contributed by atoms with Crippen LogP contribution in [0.2, 0.25) is 10.6 Å². The fourth-order valence-electron chi connectivity index (χ4n) is 3.74. The molecule has 0 fully saturated rings. The van der Waals surface area contributed by atoms with Gasteiger partial charge < -0.3 is 0 Å².